The Morgan fingerprint density at radius 1 is 1.19 bits per heavy atom. The number of anilines is 2. The minimum Gasteiger partial charge on any atom is -0.390 e. The molecule has 3 rings (SSSR count). The number of aromatic nitrogens is 3. The monoisotopic (exact) mass is 291 g/mol. The smallest absolute Gasteiger partial charge is 0.230 e. The summed E-state index contributed by atoms with van der Waals surface area (Å²) in [6.45, 7) is 3.59. The van der Waals surface area contributed by atoms with Crippen molar-refractivity contribution in [2.45, 2.75) is 63.4 Å². The highest BCUT2D eigenvalue weighted by atomic mass is 16.3. The molecule has 6 heteroatoms. The molecule has 1 aromatic heterocycles. The molecule has 1 saturated heterocycles. The van der Waals surface area contributed by atoms with E-state index >= 15 is 0 Å². The highest BCUT2D eigenvalue weighted by Gasteiger charge is 2.32. The molecule has 1 aliphatic heterocycles. The van der Waals surface area contributed by atoms with Crippen molar-refractivity contribution < 1.29 is 5.11 Å². The highest BCUT2D eigenvalue weighted by Crippen LogP contribution is 2.33. The van der Waals surface area contributed by atoms with Crippen LogP contribution in [-0.4, -0.2) is 38.7 Å². The molecule has 21 heavy (non-hydrogen) atoms. The number of hydrogen-bond acceptors (Lipinski definition) is 6. The van der Waals surface area contributed by atoms with Gasteiger partial charge in [0.2, 0.25) is 11.9 Å². The van der Waals surface area contributed by atoms with Gasteiger partial charge in [0.25, 0.3) is 0 Å². The number of nitrogens with zero attached hydrogens (tertiary/aromatic N) is 4. The summed E-state index contributed by atoms with van der Waals surface area (Å²) >= 11 is 0. The van der Waals surface area contributed by atoms with Crippen LogP contribution in [0.25, 0.3) is 0 Å². The lowest BCUT2D eigenvalue weighted by atomic mass is 9.89. The standard InChI is InChI=1S/C15H25N5O/c1-2-15(21)7-9-20(10-8-15)14-18-12(17-13(16)19-14)11-5-3-4-6-11/h11,21H,2-10H2,1H3,(H2,16,17,18,19). The first-order chi connectivity index (χ1) is 10.1. The van der Waals surface area contributed by atoms with Gasteiger partial charge < -0.3 is 15.7 Å². The third-order valence-electron chi connectivity index (χ3n) is 5.01. The molecule has 1 saturated carbocycles. The van der Waals surface area contributed by atoms with Gasteiger partial charge in [-0.05, 0) is 32.1 Å². The van der Waals surface area contributed by atoms with Crippen molar-refractivity contribution in [3.8, 4) is 0 Å². The van der Waals surface area contributed by atoms with Gasteiger partial charge in [0.15, 0.2) is 0 Å². The fourth-order valence-corrected chi connectivity index (χ4v) is 3.38. The van der Waals surface area contributed by atoms with E-state index in [2.05, 4.69) is 19.9 Å². The quantitative estimate of drug-likeness (QED) is 0.883. The summed E-state index contributed by atoms with van der Waals surface area (Å²) in [5, 5.41) is 10.3. The molecule has 2 aliphatic rings. The zero-order valence-electron chi connectivity index (χ0n) is 12.8. The molecule has 1 aliphatic carbocycles. The number of hydrogen-bond donors (Lipinski definition) is 2. The van der Waals surface area contributed by atoms with Gasteiger partial charge >= 0.3 is 0 Å². The second-order valence-corrected chi connectivity index (χ2v) is 6.40. The SMILES string of the molecule is CCC1(O)CCN(c2nc(N)nc(C3CCCC3)n2)CC1. The van der Waals surface area contributed by atoms with Crippen molar-refractivity contribution >= 4 is 11.9 Å². The maximum absolute atomic E-state index is 10.3. The Morgan fingerprint density at radius 2 is 1.86 bits per heavy atom. The summed E-state index contributed by atoms with van der Waals surface area (Å²) in [7, 11) is 0. The molecule has 6 nitrogen and oxygen atoms in total. The van der Waals surface area contributed by atoms with Gasteiger partial charge in [0.1, 0.15) is 5.82 Å². The van der Waals surface area contributed by atoms with Crippen LogP contribution in [0, 0.1) is 0 Å². The molecule has 0 bridgehead atoms. The Labute approximate surface area is 125 Å². The van der Waals surface area contributed by atoms with E-state index in [1.807, 2.05) is 6.92 Å². The maximum atomic E-state index is 10.3. The van der Waals surface area contributed by atoms with E-state index in [4.69, 9.17) is 5.73 Å². The lowest BCUT2D eigenvalue weighted by Gasteiger charge is -2.37. The average molecular weight is 291 g/mol. The number of rotatable bonds is 3. The minimum absolute atomic E-state index is 0.318. The van der Waals surface area contributed by atoms with Gasteiger partial charge in [-0.15, -0.1) is 0 Å². The van der Waals surface area contributed by atoms with Crippen LogP contribution in [0.4, 0.5) is 11.9 Å². The van der Waals surface area contributed by atoms with Gasteiger partial charge in [-0.2, -0.15) is 15.0 Å². The summed E-state index contributed by atoms with van der Waals surface area (Å²) in [6.07, 6.45) is 7.11. The molecule has 2 fully saturated rings. The molecule has 2 heterocycles. The van der Waals surface area contributed by atoms with E-state index in [9.17, 15) is 5.11 Å². The summed E-state index contributed by atoms with van der Waals surface area (Å²) in [5.74, 6) is 2.29. The van der Waals surface area contributed by atoms with E-state index in [0.29, 0.717) is 17.8 Å². The molecule has 1 aromatic rings. The molecule has 0 radical (unpaired) electrons. The highest BCUT2D eigenvalue weighted by molar-refractivity contribution is 5.36. The summed E-state index contributed by atoms with van der Waals surface area (Å²) < 4.78 is 0. The first-order valence-electron chi connectivity index (χ1n) is 8.08. The molecule has 0 atom stereocenters. The van der Waals surface area contributed by atoms with Crippen LogP contribution in [0.15, 0.2) is 0 Å². The summed E-state index contributed by atoms with van der Waals surface area (Å²) in [5.41, 5.74) is 5.35. The van der Waals surface area contributed by atoms with Gasteiger partial charge in [-0.25, -0.2) is 0 Å². The second kappa shape index (κ2) is 5.75. The van der Waals surface area contributed by atoms with Crippen LogP contribution in [0.1, 0.15) is 63.6 Å². The molecule has 116 valence electrons. The van der Waals surface area contributed by atoms with Gasteiger partial charge in [-0.3, -0.25) is 0 Å². The zero-order valence-corrected chi connectivity index (χ0v) is 12.8. The number of nitrogen functional groups attached to an aromatic ring is 1. The zero-order chi connectivity index (χ0) is 14.9. The van der Waals surface area contributed by atoms with E-state index < -0.39 is 5.60 Å². The Hall–Kier alpha value is -1.43. The van der Waals surface area contributed by atoms with E-state index in [-0.39, 0.29) is 0 Å². The van der Waals surface area contributed by atoms with Crippen LogP contribution in [0.2, 0.25) is 0 Å². The third kappa shape index (κ3) is 3.10. The van der Waals surface area contributed by atoms with Crippen molar-refractivity contribution in [3.63, 3.8) is 0 Å². The Kier molecular flexibility index (Phi) is 3.97. The largest absolute Gasteiger partial charge is 0.390 e. The fourth-order valence-electron chi connectivity index (χ4n) is 3.38. The normalized spacial score (nSPS) is 22.7. The van der Waals surface area contributed by atoms with E-state index in [1.54, 1.807) is 0 Å². The van der Waals surface area contributed by atoms with Crippen molar-refractivity contribution in [2.24, 2.45) is 0 Å². The average Bonchev–Trinajstić information content (AvgIpc) is 3.02. The van der Waals surface area contributed by atoms with Crippen LogP contribution >= 0.6 is 0 Å². The lowest BCUT2D eigenvalue weighted by Crippen LogP contribution is -2.44. The maximum Gasteiger partial charge on any atom is 0.230 e. The van der Waals surface area contributed by atoms with Crippen molar-refractivity contribution in [3.05, 3.63) is 5.82 Å². The Bertz CT molecular complexity index is 493. The predicted octanol–water partition coefficient (Wildman–Crippen LogP) is 1.85. The topological polar surface area (TPSA) is 88.2 Å². The van der Waals surface area contributed by atoms with Crippen molar-refractivity contribution in [1.29, 1.82) is 0 Å². The predicted molar refractivity (Wildman–Crippen MR) is 82.1 cm³/mol. The summed E-state index contributed by atoms with van der Waals surface area (Å²) in [6, 6.07) is 0. The fraction of sp³-hybridized carbons (Fsp3) is 0.800. The molecule has 0 aromatic carbocycles. The first-order valence-corrected chi connectivity index (χ1v) is 8.08. The minimum atomic E-state index is -0.524. The van der Waals surface area contributed by atoms with Crippen LogP contribution in [0.5, 0.6) is 0 Å². The van der Waals surface area contributed by atoms with Gasteiger partial charge in [-0.1, -0.05) is 19.8 Å². The number of piperidine rings is 1. The van der Waals surface area contributed by atoms with Crippen molar-refractivity contribution in [1.82, 2.24) is 15.0 Å². The lowest BCUT2D eigenvalue weighted by molar-refractivity contribution is 0.0123. The van der Waals surface area contributed by atoms with E-state index in [1.165, 1.54) is 12.8 Å². The Balaban J connectivity index is 1.76. The molecular formula is C15H25N5O. The number of nitrogens with two attached hydrogens (primary N) is 1. The first kappa shape index (κ1) is 14.5. The van der Waals surface area contributed by atoms with Crippen LogP contribution < -0.4 is 10.6 Å². The molecular weight excluding hydrogens is 266 g/mol. The van der Waals surface area contributed by atoms with Crippen LogP contribution in [-0.2, 0) is 0 Å². The summed E-state index contributed by atoms with van der Waals surface area (Å²) in [4.78, 5) is 15.4. The van der Waals surface area contributed by atoms with Gasteiger partial charge in [0.05, 0.1) is 5.60 Å². The molecule has 0 amide bonds. The molecule has 0 unspecified atom stereocenters. The molecule has 3 N–H and O–H groups in total. The number of aliphatic hydroxyl groups is 1. The van der Waals surface area contributed by atoms with E-state index in [0.717, 1.165) is 51.0 Å². The second-order valence-electron chi connectivity index (χ2n) is 6.40. The van der Waals surface area contributed by atoms with Crippen LogP contribution in [0.3, 0.4) is 0 Å². The molecule has 0 spiro atoms. The van der Waals surface area contributed by atoms with Gasteiger partial charge in [0, 0.05) is 19.0 Å². The third-order valence-corrected chi connectivity index (χ3v) is 5.01. The Morgan fingerprint density at radius 3 is 2.48 bits per heavy atom. The van der Waals surface area contributed by atoms with Crippen molar-refractivity contribution in [2.75, 3.05) is 23.7 Å².